The lowest BCUT2D eigenvalue weighted by Gasteiger charge is -2.21. The summed E-state index contributed by atoms with van der Waals surface area (Å²) in [5.74, 6) is 1.85. The van der Waals surface area contributed by atoms with Gasteiger partial charge >= 0.3 is 0 Å². The van der Waals surface area contributed by atoms with Gasteiger partial charge < -0.3 is 0 Å². The number of aryl methyl sites for hydroxylation is 2. The fourth-order valence-corrected chi connectivity index (χ4v) is 10.2. The first kappa shape index (κ1) is 33.3. The van der Waals surface area contributed by atoms with Crippen LogP contribution in [0.3, 0.4) is 0 Å². The van der Waals surface area contributed by atoms with E-state index in [9.17, 15) is 0 Å². The van der Waals surface area contributed by atoms with Crippen LogP contribution in [0.25, 0.3) is 99.9 Å². The second-order valence-electron chi connectivity index (χ2n) is 16.1. The van der Waals surface area contributed by atoms with Gasteiger partial charge in [0.05, 0.1) is 27.9 Å². The van der Waals surface area contributed by atoms with Crippen LogP contribution >= 0.6 is 0 Å². The molecule has 6 heterocycles. The minimum Gasteiger partial charge on any atom is -0.298 e. The maximum atomic E-state index is 4.95. The molecule has 13 rings (SSSR count). The first-order valence-corrected chi connectivity index (χ1v) is 20.8. The van der Waals surface area contributed by atoms with Crippen molar-refractivity contribution in [2.45, 2.75) is 25.7 Å². The lowest BCUT2D eigenvalue weighted by atomic mass is 9.83. The average molecular weight is 769 g/mol. The summed E-state index contributed by atoms with van der Waals surface area (Å²) in [6, 6.07) is 50.3. The van der Waals surface area contributed by atoms with Gasteiger partial charge in [-0.15, -0.1) is 0 Å². The maximum absolute atomic E-state index is 4.95. The molecule has 2 aliphatic carbocycles. The molecule has 6 nitrogen and oxygen atoms in total. The van der Waals surface area contributed by atoms with E-state index in [0.29, 0.717) is 0 Å². The Labute approximate surface area is 345 Å². The van der Waals surface area contributed by atoms with Gasteiger partial charge in [0.2, 0.25) is 0 Å². The molecule has 0 radical (unpaired) electrons. The van der Waals surface area contributed by atoms with E-state index in [4.69, 9.17) is 19.9 Å². The van der Waals surface area contributed by atoms with Crippen molar-refractivity contribution >= 4 is 65.9 Å². The van der Waals surface area contributed by atoms with Gasteiger partial charge in [-0.1, -0.05) is 66.7 Å². The molecule has 0 N–H and O–H groups in total. The van der Waals surface area contributed by atoms with Gasteiger partial charge in [0.1, 0.15) is 11.6 Å². The van der Waals surface area contributed by atoms with Crippen molar-refractivity contribution in [3.05, 3.63) is 192 Å². The van der Waals surface area contributed by atoms with Crippen molar-refractivity contribution in [2.24, 2.45) is 0 Å². The van der Waals surface area contributed by atoms with Gasteiger partial charge in [0, 0.05) is 68.5 Å². The van der Waals surface area contributed by atoms with Crippen LogP contribution in [0.4, 0.5) is 0 Å². The Morgan fingerprint density at radius 2 is 1.00 bits per heavy atom. The Balaban J connectivity index is 1.04. The second-order valence-corrected chi connectivity index (χ2v) is 16.1. The molecular weight excluding hydrogens is 733 g/mol. The number of hydrogen-bond donors (Lipinski definition) is 0. The van der Waals surface area contributed by atoms with Gasteiger partial charge in [-0.05, 0) is 143 Å². The van der Waals surface area contributed by atoms with Crippen molar-refractivity contribution in [3.8, 4) is 34.0 Å². The van der Waals surface area contributed by atoms with Gasteiger partial charge in [-0.25, -0.2) is 9.97 Å². The topological polar surface area (TPSA) is 61.4 Å². The maximum Gasteiger partial charge on any atom is 0.137 e. The van der Waals surface area contributed by atoms with Gasteiger partial charge in [0.25, 0.3) is 0 Å². The van der Waals surface area contributed by atoms with Crippen molar-refractivity contribution < 1.29 is 0 Å². The SMILES string of the molecule is C1=C(c2nccc3ccccc23)CCc2c1c1cc3c(cc1n2-c1ccccn1)-c1cc2c(cc1CC3)c1cc(-c3nccc4ccccc34)ccc1n2-c1ccccn1. The van der Waals surface area contributed by atoms with Crippen LogP contribution in [0, 0.1) is 0 Å². The van der Waals surface area contributed by atoms with Gasteiger partial charge in [-0.2, -0.15) is 0 Å². The molecule has 0 unspecified atom stereocenters. The molecule has 6 aromatic heterocycles. The highest BCUT2D eigenvalue weighted by molar-refractivity contribution is 6.13. The van der Waals surface area contributed by atoms with Gasteiger partial charge in [-0.3, -0.25) is 19.1 Å². The minimum absolute atomic E-state index is 0.902. The molecule has 5 aromatic carbocycles. The predicted molar refractivity (Wildman–Crippen MR) is 245 cm³/mol. The van der Waals surface area contributed by atoms with E-state index in [0.717, 1.165) is 70.7 Å². The predicted octanol–water partition coefficient (Wildman–Crippen LogP) is 12.5. The first-order chi connectivity index (χ1) is 29.7. The van der Waals surface area contributed by atoms with Crippen LogP contribution in [0.5, 0.6) is 0 Å². The van der Waals surface area contributed by atoms with E-state index < -0.39 is 0 Å². The number of nitrogens with zero attached hydrogens (tertiary/aromatic N) is 6. The number of pyridine rings is 4. The van der Waals surface area contributed by atoms with E-state index >= 15 is 0 Å². The van der Waals surface area contributed by atoms with E-state index in [1.54, 1.807) is 0 Å². The largest absolute Gasteiger partial charge is 0.298 e. The molecule has 0 fully saturated rings. The van der Waals surface area contributed by atoms with E-state index in [1.807, 2.05) is 36.9 Å². The zero-order chi connectivity index (χ0) is 39.3. The molecule has 0 atom stereocenters. The lowest BCUT2D eigenvalue weighted by molar-refractivity contribution is 0.877. The van der Waals surface area contributed by atoms with Crippen LogP contribution in [0.1, 0.15) is 34.5 Å². The average Bonchev–Trinajstić information content (AvgIpc) is 3.81. The summed E-state index contributed by atoms with van der Waals surface area (Å²) in [4.78, 5) is 19.7. The summed E-state index contributed by atoms with van der Waals surface area (Å²) in [5.41, 5.74) is 15.8. The zero-order valence-corrected chi connectivity index (χ0v) is 32.7. The Hall–Kier alpha value is -7.70. The molecule has 0 saturated heterocycles. The third-order valence-corrected chi connectivity index (χ3v) is 12.9. The van der Waals surface area contributed by atoms with Crippen LogP contribution in [0.15, 0.2) is 164 Å². The fourth-order valence-electron chi connectivity index (χ4n) is 10.2. The molecular formula is C54H36N6. The van der Waals surface area contributed by atoms with Crippen LogP contribution in [0.2, 0.25) is 0 Å². The summed E-state index contributed by atoms with van der Waals surface area (Å²) in [5, 5.41) is 8.47. The monoisotopic (exact) mass is 768 g/mol. The zero-order valence-electron chi connectivity index (χ0n) is 32.7. The molecule has 0 amide bonds. The van der Waals surface area contributed by atoms with Gasteiger partial charge in [0.15, 0.2) is 0 Å². The Bertz CT molecular complexity index is 3590. The number of hydrogen-bond acceptors (Lipinski definition) is 4. The normalized spacial score (nSPS) is 13.5. The summed E-state index contributed by atoms with van der Waals surface area (Å²) < 4.78 is 4.75. The summed E-state index contributed by atoms with van der Waals surface area (Å²) in [7, 11) is 0. The molecule has 282 valence electrons. The minimum atomic E-state index is 0.902. The third kappa shape index (κ3) is 4.94. The van der Waals surface area contributed by atoms with Crippen molar-refractivity contribution in [1.82, 2.24) is 29.1 Å². The highest BCUT2D eigenvalue weighted by atomic mass is 15.1. The van der Waals surface area contributed by atoms with Crippen molar-refractivity contribution in [3.63, 3.8) is 0 Å². The molecule has 6 heteroatoms. The Kier molecular flexibility index (Phi) is 7.16. The Morgan fingerprint density at radius 1 is 0.400 bits per heavy atom. The fraction of sp³-hybridized carbons (Fsp3) is 0.0741. The smallest absolute Gasteiger partial charge is 0.137 e. The number of benzene rings is 5. The Morgan fingerprint density at radius 3 is 1.70 bits per heavy atom. The molecule has 0 saturated carbocycles. The molecule has 0 spiro atoms. The number of rotatable bonds is 4. The number of allylic oxidation sites excluding steroid dienone is 1. The van der Waals surface area contributed by atoms with Crippen LogP contribution in [-0.2, 0) is 19.3 Å². The standard InChI is InChI=1S/C54H36N6/c1-3-11-39-33(9-1)21-25-57-53(39)37-17-19-47-43(29-37)45-27-35-15-16-36-28-46-44-30-38(54-40-12-4-2-10-34(40)22-26-58-54)18-20-48(44)60(52-14-6-8-24-56-52)50(46)32-42(36)41(35)31-49(45)59(47)51-13-5-7-23-55-51/h1-14,17,19,21-32H,15-16,18,20H2. The molecule has 11 aromatic rings. The van der Waals surface area contributed by atoms with Crippen molar-refractivity contribution in [2.75, 3.05) is 0 Å². The van der Waals surface area contributed by atoms with Crippen molar-refractivity contribution in [1.29, 1.82) is 0 Å². The summed E-state index contributed by atoms with van der Waals surface area (Å²) >= 11 is 0. The van der Waals surface area contributed by atoms with E-state index in [1.165, 1.54) is 76.9 Å². The second kappa shape index (κ2) is 12.9. The number of fused-ring (bicyclic) bond motifs is 11. The van der Waals surface area contributed by atoms with E-state index in [-0.39, 0.29) is 0 Å². The highest BCUT2D eigenvalue weighted by Crippen LogP contribution is 2.46. The molecule has 0 bridgehead atoms. The third-order valence-electron chi connectivity index (χ3n) is 12.9. The highest BCUT2D eigenvalue weighted by Gasteiger charge is 2.27. The quantitative estimate of drug-likeness (QED) is 0.179. The number of aromatic nitrogens is 6. The van der Waals surface area contributed by atoms with Crippen LogP contribution in [-0.4, -0.2) is 29.1 Å². The van der Waals surface area contributed by atoms with Crippen LogP contribution < -0.4 is 0 Å². The lowest BCUT2D eigenvalue weighted by Crippen LogP contribution is -2.07. The first-order valence-electron chi connectivity index (χ1n) is 20.8. The van der Waals surface area contributed by atoms with E-state index in [2.05, 4.69) is 143 Å². The molecule has 60 heavy (non-hydrogen) atoms. The molecule has 2 aliphatic rings. The summed E-state index contributed by atoms with van der Waals surface area (Å²) in [6.07, 6.45) is 13.8. The molecule has 0 aliphatic heterocycles. The summed E-state index contributed by atoms with van der Waals surface area (Å²) in [6.45, 7) is 0.